The van der Waals surface area contributed by atoms with Crippen molar-refractivity contribution in [3.63, 3.8) is 0 Å². The minimum Gasteiger partial charge on any atom is -0.489 e. The van der Waals surface area contributed by atoms with Gasteiger partial charge in [-0.05, 0) is 42.3 Å². The first-order valence-electron chi connectivity index (χ1n) is 7.97. The van der Waals surface area contributed by atoms with E-state index in [2.05, 4.69) is 10.5 Å². The molecule has 0 aliphatic rings. The number of carbonyl (C=O) groups is 1. The Labute approximate surface area is 147 Å². The number of hydrogen-bond donors (Lipinski definition) is 1. The molecule has 0 heterocycles. The molecule has 126 valence electrons. The smallest absolute Gasteiger partial charge is 0.240 e. The minimum absolute atomic E-state index is 0.0622. The summed E-state index contributed by atoms with van der Waals surface area (Å²) in [6.45, 7) is 2.46. The standard InChI is InChI=1S/C19H21ClN2O2/c1-2-3-8-19(23)22-21-13-15-9-11-17(12-10-15)24-14-16-6-4-5-7-18(16)20/h4-7,9-13H,2-3,8,14H2,1H3,(H,22,23)/b21-13-. The Morgan fingerprint density at radius 1 is 1.21 bits per heavy atom. The Morgan fingerprint density at radius 3 is 2.67 bits per heavy atom. The normalized spacial score (nSPS) is 10.8. The number of nitrogens with zero attached hydrogens (tertiary/aromatic N) is 1. The number of hydrazone groups is 1. The first-order chi connectivity index (χ1) is 11.7. The van der Waals surface area contributed by atoms with Crippen molar-refractivity contribution in [3.8, 4) is 5.75 Å². The number of unbranched alkanes of at least 4 members (excludes halogenated alkanes) is 1. The molecule has 0 unspecified atom stereocenters. The lowest BCUT2D eigenvalue weighted by molar-refractivity contribution is -0.121. The first-order valence-corrected chi connectivity index (χ1v) is 8.35. The lowest BCUT2D eigenvalue weighted by Gasteiger charge is -2.07. The van der Waals surface area contributed by atoms with E-state index < -0.39 is 0 Å². The minimum atomic E-state index is -0.0622. The highest BCUT2D eigenvalue weighted by atomic mass is 35.5. The molecule has 0 radical (unpaired) electrons. The van der Waals surface area contributed by atoms with E-state index in [1.165, 1.54) is 0 Å². The summed E-state index contributed by atoms with van der Waals surface area (Å²) in [5.74, 6) is 0.687. The molecular formula is C19H21ClN2O2. The number of rotatable bonds is 8. The molecule has 0 aliphatic carbocycles. The molecule has 2 aromatic rings. The maximum Gasteiger partial charge on any atom is 0.240 e. The summed E-state index contributed by atoms with van der Waals surface area (Å²) in [7, 11) is 0. The molecule has 2 aromatic carbocycles. The number of hydrogen-bond acceptors (Lipinski definition) is 3. The third-order valence-corrected chi connectivity index (χ3v) is 3.76. The van der Waals surface area contributed by atoms with Gasteiger partial charge in [0.15, 0.2) is 0 Å². The van der Waals surface area contributed by atoms with Gasteiger partial charge in [0.25, 0.3) is 0 Å². The van der Waals surface area contributed by atoms with Gasteiger partial charge in [-0.25, -0.2) is 5.43 Å². The molecule has 1 amide bonds. The van der Waals surface area contributed by atoms with Gasteiger partial charge in [0.1, 0.15) is 12.4 Å². The van der Waals surface area contributed by atoms with Crippen LogP contribution in [0.15, 0.2) is 53.6 Å². The van der Waals surface area contributed by atoms with Gasteiger partial charge < -0.3 is 4.74 Å². The van der Waals surface area contributed by atoms with Crippen LogP contribution < -0.4 is 10.2 Å². The third kappa shape index (κ3) is 6.05. The topological polar surface area (TPSA) is 50.7 Å². The Kier molecular flexibility index (Phi) is 7.30. The summed E-state index contributed by atoms with van der Waals surface area (Å²) in [5.41, 5.74) is 4.35. The highest BCUT2D eigenvalue weighted by molar-refractivity contribution is 6.31. The fourth-order valence-electron chi connectivity index (χ4n) is 2.00. The van der Waals surface area contributed by atoms with Crippen molar-refractivity contribution < 1.29 is 9.53 Å². The van der Waals surface area contributed by atoms with E-state index in [-0.39, 0.29) is 5.91 Å². The Hall–Kier alpha value is -2.33. The van der Waals surface area contributed by atoms with Crippen LogP contribution in [0.5, 0.6) is 5.75 Å². The Bertz CT molecular complexity index is 684. The summed E-state index contributed by atoms with van der Waals surface area (Å²) in [4.78, 5) is 11.4. The van der Waals surface area contributed by atoms with E-state index in [1.807, 2.05) is 55.5 Å². The largest absolute Gasteiger partial charge is 0.489 e. The van der Waals surface area contributed by atoms with Crippen molar-refractivity contribution in [2.75, 3.05) is 0 Å². The van der Waals surface area contributed by atoms with Gasteiger partial charge in [0.05, 0.1) is 6.21 Å². The van der Waals surface area contributed by atoms with Crippen molar-refractivity contribution in [2.24, 2.45) is 5.10 Å². The van der Waals surface area contributed by atoms with Crippen LogP contribution in [-0.2, 0) is 11.4 Å². The van der Waals surface area contributed by atoms with Gasteiger partial charge in [0.2, 0.25) is 5.91 Å². The molecule has 0 saturated carbocycles. The Morgan fingerprint density at radius 2 is 1.96 bits per heavy atom. The van der Waals surface area contributed by atoms with Crippen LogP contribution in [-0.4, -0.2) is 12.1 Å². The van der Waals surface area contributed by atoms with E-state index in [0.717, 1.165) is 29.7 Å². The summed E-state index contributed by atoms with van der Waals surface area (Å²) >= 11 is 6.10. The SMILES string of the molecule is CCCCC(=O)N/N=C\c1ccc(OCc2ccccc2Cl)cc1. The zero-order valence-corrected chi connectivity index (χ0v) is 14.4. The molecule has 0 aromatic heterocycles. The summed E-state index contributed by atoms with van der Waals surface area (Å²) in [6, 6.07) is 15.1. The van der Waals surface area contributed by atoms with Crippen LogP contribution in [0.2, 0.25) is 5.02 Å². The monoisotopic (exact) mass is 344 g/mol. The summed E-state index contributed by atoms with van der Waals surface area (Å²) in [5, 5.41) is 4.64. The lowest BCUT2D eigenvalue weighted by Crippen LogP contribution is -2.16. The Balaban J connectivity index is 1.82. The van der Waals surface area contributed by atoms with E-state index in [9.17, 15) is 4.79 Å². The van der Waals surface area contributed by atoms with E-state index in [4.69, 9.17) is 16.3 Å². The van der Waals surface area contributed by atoms with Crippen molar-refractivity contribution in [2.45, 2.75) is 32.8 Å². The maximum absolute atomic E-state index is 11.4. The number of ether oxygens (including phenoxy) is 1. The molecule has 0 saturated heterocycles. The van der Waals surface area contributed by atoms with Gasteiger partial charge in [-0.2, -0.15) is 5.10 Å². The number of amides is 1. The maximum atomic E-state index is 11.4. The molecule has 2 rings (SSSR count). The molecule has 24 heavy (non-hydrogen) atoms. The van der Waals surface area contributed by atoms with Crippen LogP contribution in [0.4, 0.5) is 0 Å². The molecular weight excluding hydrogens is 324 g/mol. The molecule has 0 atom stereocenters. The van der Waals surface area contributed by atoms with Crippen LogP contribution in [0, 0.1) is 0 Å². The van der Waals surface area contributed by atoms with Crippen molar-refractivity contribution in [3.05, 3.63) is 64.7 Å². The molecule has 0 spiro atoms. The summed E-state index contributed by atoms with van der Waals surface area (Å²) in [6.07, 6.45) is 3.98. The fourth-order valence-corrected chi connectivity index (χ4v) is 2.19. The molecule has 0 fully saturated rings. The average Bonchev–Trinajstić information content (AvgIpc) is 2.60. The van der Waals surface area contributed by atoms with E-state index in [1.54, 1.807) is 6.21 Å². The van der Waals surface area contributed by atoms with Crippen molar-refractivity contribution in [1.82, 2.24) is 5.43 Å². The molecule has 0 bridgehead atoms. The predicted molar refractivity (Wildman–Crippen MR) is 97.5 cm³/mol. The second kappa shape index (κ2) is 9.73. The quantitative estimate of drug-likeness (QED) is 0.563. The zero-order chi connectivity index (χ0) is 17.2. The van der Waals surface area contributed by atoms with Gasteiger partial charge in [-0.15, -0.1) is 0 Å². The lowest BCUT2D eigenvalue weighted by atomic mass is 10.2. The van der Waals surface area contributed by atoms with E-state index >= 15 is 0 Å². The second-order valence-electron chi connectivity index (χ2n) is 5.35. The molecule has 1 N–H and O–H groups in total. The number of nitrogens with one attached hydrogen (secondary N) is 1. The van der Waals surface area contributed by atoms with Crippen molar-refractivity contribution >= 4 is 23.7 Å². The van der Waals surface area contributed by atoms with Gasteiger partial charge in [-0.3, -0.25) is 4.79 Å². The van der Waals surface area contributed by atoms with Gasteiger partial charge in [-0.1, -0.05) is 43.1 Å². The number of carbonyl (C=O) groups excluding carboxylic acids is 1. The first kappa shape index (κ1) is 18.0. The molecule has 5 heteroatoms. The van der Waals surface area contributed by atoms with Crippen LogP contribution in [0.25, 0.3) is 0 Å². The highest BCUT2D eigenvalue weighted by Crippen LogP contribution is 2.18. The van der Waals surface area contributed by atoms with Crippen LogP contribution in [0.1, 0.15) is 37.3 Å². The van der Waals surface area contributed by atoms with E-state index in [0.29, 0.717) is 18.1 Å². The van der Waals surface area contributed by atoms with Gasteiger partial charge >= 0.3 is 0 Å². The van der Waals surface area contributed by atoms with Crippen LogP contribution in [0.3, 0.4) is 0 Å². The van der Waals surface area contributed by atoms with Gasteiger partial charge in [0, 0.05) is 17.0 Å². The molecule has 0 aliphatic heterocycles. The summed E-state index contributed by atoms with van der Waals surface area (Å²) < 4.78 is 5.72. The van der Waals surface area contributed by atoms with Crippen molar-refractivity contribution in [1.29, 1.82) is 0 Å². The van der Waals surface area contributed by atoms with Crippen LogP contribution >= 0.6 is 11.6 Å². The average molecular weight is 345 g/mol. The number of halogens is 1. The number of benzene rings is 2. The predicted octanol–water partition coefficient (Wildman–Crippen LogP) is 4.56. The molecule has 4 nitrogen and oxygen atoms in total. The highest BCUT2D eigenvalue weighted by Gasteiger charge is 2.01. The second-order valence-corrected chi connectivity index (χ2v) is 5.75. The zero-order valence-electron chi connectivity index (χ0n) is 13.7. The fraction of sp³-hybridized carbons (Fsp3) is 0.263. The third-order valence-electron chi connectivity index (χ3n) is 3.39.